The second-order valence-electron chi connectivity index (χ2n) is 8.58. The second-order valence-corrected chi connectivity index (χ2v) is 8.58. The van der Waals surface area contributed by atoms with Crippen molar-refractivity contribution in [2.45, 2.75) is 64.7 Å². The Kier molecular flexibility index (Phi) is 9.64. The van der Waals surface area contributed by atoms with E-state index in [2.05, 4.69) is 5.32 Å². The van der Waals surface area contributed by atoms with Crippen LogP contribution in [0.2, 0.25) is 0 Å². The first-order chi connectivity index (χ1) is 14.4. The van der Waals surface area contributed by atoms with Crippen LogP contribution in [0.5, 0.6) is 0 Å². The molecule has 1 amide bonds. The Balaban J connectivity index is 2.54. The van der Waals surface area contributed by atoms with E-state index in [1.807, 2.05) is 0 Å². The van der Waals surface area contributed by atoms with E-state index in [-0.39, 0.29) is 26.0 Å². The molecule has 0 aromatic heterocycles. The molecular weight excluding hydrogens is 404 g/mol. The maximum Gasteiger partial charge on any atom is 0.408 e. The summed E-state index contributed by atoms with van der Waals surface area (Å²) in [7, 11) is 0. The molecule has 0 radical (unpaired) electrons. The van der Waals surface area contributed by atoms with Crippen LogP contribution >= 0.6 is 0 Å². The predicted molar refractivity (Wildman–Crippen MR) is 114 cm³/mol. The third kappa shape index (κ3) is 10.1. The second kappa shape index (κ2) is 11.5. The lowest BCUT2D eigenvalue weighted by Gasteiger charge is -2.28. The first-order valence-electron chi connectivity index (χ1n) is 10.0. The van der Waals surface area contributed by atoms with Crippen LogP contribution in [0.25, 0.3) is 0 Å². The standard InChI is InChI=1S/C22H32N2O7/c1-21(2,3)30-19(27)17(10-12-23)24-20(28)31-22(4,5)11-13-29-18(26)16-8-6-15(14-25)7-9-16/h6-9,14,17H,10-13,23H2,1-5H3,(H,24,28). The molecule has 172 valence electrons. The number of carbonyl (C=O) groups is 4. The van der Waals surface area contributed by atoms with E-state index >= 15 is 0 Å². The lowest BCUT2D eigenvalue weighted by molar-refractivity contribution is -0.157. The quantitative estimate of drug-likeness (QED) is 0.325. The van der Waals surface area contributed by atoms with E-state index in [9.17, 15) is 19.2 Å². The molecule has 1 unspecified atom stereocenters. The van der Waals surface area contributed by atoms with Crippen molar-refractivity contribution in [2.24, 2.45) is 5.73 Å². The summed E-state index contributed by atoms with van der Waals surface area (Å²) in [5.74, 6) is -1.15. The summed E-state index contributed by atoms with van der Waals surface area (Å²) in [6.07, 6.45) is 0.309. The fraction of sp³-hybridized carbons (Fsp3) is 0.545. The van der Waals surface area contributed by atoms with Gasteiger partial charge in [0.25, 0.3) is 0 Å². The van der Waals surface area contributed by atoms with Crippen LogP contribution in [-0.4, -0.2) is 54.7 Å². The minimum Gasteiger partial charge on any atom is -0.462 e. The number of nitrogens with two attached hydrogens (primary N) is 1. The number of nitrogens with one attached hydrogen (secondary N) is 1. The summed E-state index contributed by atoms with van der Waals surface area (Å²) in [5.41, 5.74) is 4.62. The van der Waals surface area contributed by atoms with Gasteiger partial charge in [-0.25, -0.2) is 14.4 Å². The molecule has 9 heteroatoms. The highest BCUT2D eigenvalue weighted by atomic mass is 16.6. The monoisotopic (exact) mass is 436 g/mol. The molecule has 0 aliphatic heterocycles. The molecule has 0 fully saturated rings. The van der Waals surface area contributed by atoms with E-state index in [0.717, 1.165) is 0 Å². The largest absolute Gasteiger partial charge is 0.462 e. The van der Waals surface area contributed by atoms with Gasteiger partial charge in [0.05, 0.1) is 12.2 Å². The molecule has 0 saturated carbocycles. The number of rotatable bonds is 10. The van der Waals surface area contributed by atoms with E-state index in [4.69, 9.17) is 19.9 Å². The van der Waals surface area contributed by atoms with Crippen LogP contribution in [0.3, 0.4) is 0 Å². The fourth-order valence-corrected chi connectivity index (χ4v) is 2.43. The Morgan fingerprint density at radius 2 is 1.68 bits per heavy atom. The van der Waals surface area contributed by atoms with E-state index < -0.39 is 35.3 Å². The SMILES string of the molecule is CC(C)(C)OC(=O)C(CCN)NC(=O)OC(C)(C)CCOC(=O)c1ccc(C=O)cc1. The van der Waals surface area contributed by atoms with E-state index in [0.29, 0.717) is 17.4 Å². The summed E-state index contributed by atoms with van der Waals surface area (Å²) in [5, 5.41) is 2.48. The molecule has 31 heavy (non-hydrogen) atoms. The van der Waals surface area contributed by atoms with Crippen molar-refractivity contribution in [3.8, 4) is 0 Å². The van der Waals surface area contributed by atoms with E-state index in [1.165, 1.54) is 24.3 Å². The maximum absolute atomic E-state index is 12.3. The highest BCUT2D eigenvalue weighted by Crippen LogP contribution is 2.16. The summed E-state index contributed by atoms with van der Waals surface area (Å²) in [4.78, 5) is 47.3. The molecule has 0 bridgehead atoms. The van der Waals surface area contributed by atoms with Gasteiger partial charge in [-0.15, -0.1) is 0 Å². The number of alkyl carbamates (subject to hydrolysis) is 1. The molecular formula is C22H32N2O7. The first-order valence-corrected chi connectivity index (χ1v) is 10.0. The van der Waals surface area contributed by atoms with Gasteiger partial charge in [-0.05, 0) is 59.7 Å². The molecule has 0 aliphatic rings. The number of ether oxygens (including phenoxy) is 3. The Morgan fingerprint density at radius 1 is 1.06 bits per heavy atom. The van der Waals surface area contributed by atoms with Gasteiger partial charge in [0.15, 0.2) is 0 Å². The number of hydrogen-bond donors (Lipinski definition) is 2. The third-order valence-corrected chi connectivity index (χ3v) is 4.03. The Labute approximate surface area is 182 Å². The third-order valence-electron chi connectivity index (χ3n) is 4.03. The molecule has 1 aromatic rings. The smallest absolute Gasteiger partial charge is 0.408 e. The summed E-state index contributed by atoms with van der Waals surface area (Å²) in [6, 6.07) is 5.09. The summed E-state index contributed by atoms with van der Waals surface area (Å²) < 4.78 is 15.9. The molecule has 0 saturated heterocycles. The molecule has 0 aliphatic carbocycles. The average molecular weight is 437 g/mol. The highest BCUT2D eigenvalue weighted by Gasteiger charge is 2.29. The first kappa shape index (κ1) is 26.1. The molecule has 0 spiro atoms. The molecule has 0 heterocycles. The van der Waals surface area contributed by atoms with Crippen molar-refractivity contribution in [3.05, 3.63) is 35.4 Å². The van der Waals surface area contributed by atoms with Crippen LogP contribution in [-0.2, 0) is 19.0 Å². The predicted octanol–water partition coefficient (Wildman–Crippen LogP) is 2.61. The van der Waals surface area contributed by atoms with Crippen LogP contribution < -0.4 is 11.1 Å². The number of aldehydes is 1. The zero-order valence-electron chi connectivity index (χ0n) is 18.7. The van der Waals surface area contributed by atoms with Crippen molar-refractivity contribution < 1.29 is 33.4 Å². The molecule has 1 rings (SSSR count). The topological polar surface area (TPSA) is 134 Å². The number of hydrogen-bond acceptors (Lipinski definition) is 8. The van der Waals surface area contributed by atoms with Gasteiger partial charge in [0.2, 0.25) is 0 Å². The van der Waals surface area contributed by atoms with Crippen molar-refractivity contribution in [1.29, 1.82) is 0 Å². The van der Waals surface area contributed by atoms with Crippen molar-refractivity contribution in [3.63, 3.8) is 0 Å². The van der Waals surface area contributed by atoms with Gasteiger partial charge in [0, 0.05) is 12.0 Å². The maximum atomic E-state index is 12.3. The van der Waals surface area contributed by atoms with Gasteiger partial charge in [-0.1, -0.05) is 12.1 Å². The fourth-order valence-electron chi connectivity index (χ4n) is 2.43. The summed E-state index contributed by atoms with van der Waals surface area (Å²) >= 11 is 0. The van der Waals surface area contributed by atoms with Gasteiger partial charge >= 0.3 is 18.0 Å². The normalized spacial score (nSPS) is 12.5. The van der Waals surface area contributed by atoms with Crippen LogP contribution in [0, 0.1) is 0 Å². The molecule has 9 nitrogen and oxygen atoms in total. The van der Waals surface area contributed by atoms with Gasteiger partial charge in [0.1, 0.15) is 23.5 Å². The lowest BCUT2D eigenvalue weighted by Crippen LogP contribution is -2.47. The number of esters is 2. The molecule has 1 aromatic carbocycles. The Morgan fingerprint density at radius 3 is 2.19 bits per heavy atom. The Hall–Kier alpha value is -2.94. The van der Waals surface area contributed by atoms with Crippen LogP contribution in [0.15, 0.2) is 24.3 Å². The minimum absolute atomic E-state index is 0.00679. The van der Waals surface area contributed by atoms with Crippen LogP contribution in [0.4, 0.5) is 4.79 Å². The minimum atomic E-state index is -0.965. The zero-order valence-corrected chi connectivity index (χ0v) is 18.7. The van der Waals surface area contributed by atoms with E-state index in [1.54, 1.807) is 34.6 Å². The van der Waals surface area contributed by atoms with Crippen LogP contribution in [0.1, 0.15) is 68.2 Å². The Bertz CT molecular complexity index is 767. The van der Waals surface area contributed by atoms with Crippen molar-refractivity contribution in [1.82, 2.24) is 5.32 Å². The van der Waals surface area contributed by atoms with Crippen molar-refractivity contribution in [2.75, 3.05) is 13.2 Å². The highest BCUT2D eigenvalue weighted by molar-refractivity contribution is 5.90. The average Bonchev–Trinajstić information content (AvgIpc) is 2.65. The van der Waals surface area contributed by atoms with Gasteiger partial charge < -0.3 is 25.3 Å². The molecule has 1 atom stereocenters. The molecule has 3 N–H and O–H groups in total. The number of amides is 1. The summed E-state index contributed by atoms with van der Waals surface area (Å²) in [6.45, 7) is 8.68. The number of benzene rings is 1. The van der Waals surface area contributed by atoms with Gasteiger partial charge in [-0.3, -0.25) is 4.79 Å². The zero-order chi connectivity index (χ0) is 23.7. The number of carbonyl (C=O) groups excluding carboxylic acids is 4. The van der Waals surface area contributed by atoms with Crippen molar-refractivity contribution >= 4 is 24.3 Å². The lowest BCUT2D eigenvalue weighted by atomic mass is 10.1. The van der Waals surface area contributed by atoms with Gasteiger partial charge in [-0.2, -0.15) is 0 Å².